The molecule has 2 aromatic carbocycles. The van der Waals surface area contributed by atoms with E-state index in [2.05, 4.69) is 61.6 Å². The molecular weight excluding hydrogens is 379 g/mol. The maximum Gasteiger partial charge on any atom is 0.315 e. The highest BCUT2D eigenvalue weighted by Gasteiger charge is 2.38. The lowest BCUT2D eigenvalue weighted by Crippen LogP contribution is -2.49. The third-order valence-corrected chi connectivity index (χ3v) is 6.16. The highest BCUT2D eigenvalue weighted by Crippen LogP contribution is 2.41. The minimum Gasteiger partial charge on any atom is -0.338 e. The molecule has 0 aliphatic rings. The zero-order chi connectivity index (χ0) is 22.1. The van der Waals surface area contributed by atoms with E-state index in [1.54, 1.807) is 12.1 Å². The van der Waals surface area contributed by atoms with E-state index >= 15 is 0 Å². The van der Waals surface area contributed by atoms with E-state index in [4.69, 9.17) is 0 Å². The van der Waals surface area contributed by atoms with Gasteiger partial charge in [-0.25, -0.2) is 13.9 Å². The van der Waals surface area contributed by atoms with Gasteiger partial charge in [0.15, 0.2) is 0 Å². The topological polar surface area (TPSA) is 59.0 Å². The summed E-state index contributed by atoms with van der Waals surface area (Å²) >= 11 is 0. The van der Waals surface area contributed by atoms with Gasteiger partial charge in [-0.1, -0.05) is 33.8 Å². The standard InChI is InChI=1S/C24H31FN4O/c1-16(2)28-22(30)26-15-23(3,4)24(5,6)18-7-12-21-17(13-18)14-27-29(21)20-10-8-19(25)9-11-20/h7-14,16H,15H2,1-6H3,(H2,26,28,30). The summed E-state index contributed by atoms with van der Waals surface area (Å²) < 4.78 is 15.1. The minimum atomic E-state index is -0.267. The summed E-state index contributed by atoms with van der Waals surface area (Å²) in [4.78, 5) is 12.0. The van der Waals surface area contributed by atoms with Gasteiger partial charge in [0.1, 0.15) is 5.82 Å². The minimum absolute atomic E-state index is 0.0983. The molecule has 0 saturated carbocycles. The lowest BCUT2D eigenvalue weighted by molar-refractivity contribution is 0.185. The molecule has 0 aliphatic carbocycles. The zero-order valence-electron chi connectivity index (χ0n) is 18.6. The van der Waals surface area contributed by atoms with Gasteiger partial charge in [0.2, 0.25) is 0 Å². The molecule has 0 aliphatic heterocycles. The second-order valence-corrected chi connectivity index (χ2v) is 9.30. The molecule has 5 nitrogen and oxygen atoms in total. The second-order valence-electron chi connectivity index (χ2n) is 9.30. The Labute approximate surface area is 177 Å². The van der Waals surface area contributed by atoms with E-state index in [9.17, 15) is 9.18 Å². The van der Waals surface area contributed by atoms with Gasteiger partial charge in [0.05, 0.1) is 17.4 Å². The molecule has 0 spiro atoms. The maximum absolute atomic E-state index is 13.3. The van der Waals surface area contributed by atoms with Crippen molar-refractivity contribution in [2.24, 2.45) is 5.41 Å². The Hall–Kier alpha value is -2.89. The van der Waals surface area contributed by atoms with Crippen molar-refractivity contribution in [1.82, 2.24) is 20.4 Å². The van der Waals surface area contributed by atoms with Crippen LogP contribution in [-0.2, 0) is 5.41 Å². The SMILES string of the molecule is CC(C)NC(=O)NCC(C)(C)C(C)(C)c1ccc2c(cnn2-c2ccc(F)cc2)c1. The molecule has 30 heavy (non-hydrogen) atoms. The highest BCUT2D eigenvalue weighted by atomic mass is 19.1. The molecule has 6 heteroatoms. The summed E-state index contributed by atoms with van der Waals surface area (Å²) in [6.45, 7) is 13.1. The smallest absolute Gasteiger partial charge is 0.315 e. The number of carbonyl (C=O) groups excluding carboxylic acids is 1. The van der Waals surface area contributed by atoms with Crippen molar-refractivity contribution >= 4 is 16.9 Å². The van der Waals surface area contributed by atoms with Gasteiger partial charge in [0, 0.05) is 18.0 Å². The molecule has 0 atom stereocenters. The number of nitrogens with zero attached hydrogens (tertiary/aromatic N) is 2. The van der Waals surface area contributed by atoms with Gasteiger partial charge in [-0.2, -0.15) is 5.10 Å². The van der Waals surface area contributed by atoms with Crippen molar-refractivity contribution in [3.05, 3.63) is 60.0 Å². The predicted octanol–water partition coefficient (Wildman–Crippen LogP) is 5.18. The Balaban J connectivity index is 1.86. The van der Waals surface area contributed by atoms with Crippen molar-refractivity contribution in [3.8, 4) is 5.69 Å². The Morgan fingerprint density at radius 3 is 2.40 bits per heavy atom. The normalized spacial score (nSPS) is 12.4. The van der Waals surface area contributed by atoms with Crippen LogP contribution in [0.4, 0.5) is 9.18 Å². The Bertz CT molecular complexity index is 1040. The van der Waals surface area contributed by atoms with Crippen molar-refractivity contribution in [3.63, 3.8) is 0 Å². The highest BCUT2D eigenvalue weighted by molar-refractivity contribution is 5.81. The summed E-state index contributed by atoms with van der Waals surface area (Å²) in [5, 5.41) is 11.4. The first-order valence-corrected chi connectivity index (χ1v) is 10.3. The fraction of sp³-hybridized carbons (Fsp3) is 0.417. The molecule has 3 aromatic rings. The number of aromatic nitrogens is 2. The fourth-order valence-corrected chi connectivity index (χ4v) is 3.44. The molecule has 3 rings (SSSR count). The van der Waals surface area contributed by atoms with Crippen molar-refractivity contribution in [2.75, 3.05) is 6.54 Å². The number of nitrogens with one attached hydrogen (secondary N) is 2. The van der Waals surface area contributed by atoms with Gasteiger partial charge in [0.25, 0.3) is 0 Å². The lowest BCUT2D eigenvalue weighted by atomic mass is 9.64. The Morgan fingerprint density at radius 1 is 1.10 bits per heavy atom. The van der Waals surface area contributed by atoms with Crippen LogP contribution in [0.5, 0.6) is 0 Å². The fourth-order valence-electron chi connectivity index (χ4n) is 3.44. The first kappa shape index (κ1) is 21.8. The van der Waals surface area contributed by atoms with Crippen LogP contribution in [-0.4, -0.2) is 28.4 Å². The molecule has 2 amide bonds. The number of hydrogen-bond donors (Lipinski definition) is 2. The van der Waals surface area contributed by atoms with Crippen LogP contribution in [0, 0.1) is 11.2 Å². The van der Waals surface area contributed by atoms with E-state index in [-0.39, 0.29) is 28.7 Å². The van der Waals surface area contributed by atoms with Crippen LogP contribution in [0.2, 0.25) is 0 Å². The average Bonchev–Trinajstić information content (AvgIpc) is 3.09. The molecule has 1 aromatic heterocycles. The molecule has 1 heterocycles. The molecule has 160 valence electrons. The molecule has 0 fully saturated rings. The number of urea groups is 1. The summed E-state index contributed by atoms with van der Waals surface area (Å²) in [5.41, 5.74) is 2.56. The zero-order valence-corrected chi connectivity index (χ0v) is 18.6. The molecule has 0 radical (unpaired) electrons. The Kier molecular flexibility index (Phi) is 5.88. The number of rotatable bonds is 6. The molecule has 0 bridgehead atoms. The van der Waals surface area contributed by atoms with E-state index in [1.807, 2.05) is 24.7 Å². The molecule has 2 N–H and O–H groups in total. The van der Waals surface area contributed by atoms with Crippen LogP contribution in [0.15, 0.2) is 48.7 Å². The van der Waals surface area contributed by atoms with Crippen molar-refractivity contribution in [2.45, 2.75) is 53.0 Å². The summed E-state index contributed by atoms with van der Waals surface area (Å²) in [7, 11) is 0. The Morgan fingerprint density at radius 2 is 1.77 bits per heavy atom. The summed E-state index contributed by atoms with van der Waals surface area (Å²) in [6.07, 6.45) is 1.83. The first-order valence-electron chi connectivity index (χ1n) is 10.3. The number of benzene rings is 2. The molecule has 0 unspecified atom stereocenters. The van der Waals surface area contributed by atoms with Crippen LogP contribution in [0.1, 0.15) is 47.1 Å². The van der Waals surface area contributed by atoms with Crippen LogP contribution in [0.3, 0.4) is 0 Å². The summed E-state index contributed by atoms with van der Waals surface area (Å²) in [5.74, 6) is -0.267. The van der Waals surface area contributed by atoms with E-state index in [0.717, 1.165) is 16.6 Å². The number of halogens is 1. The first-order chi connectivity index (χ1) is 14.0. The van der Waals surface area contributed by atoms with Crippen molar-refractivity contribution in [1.29, 1.82) is 0 Å². The average molecular weight is 411 g/mol. The third kappa shape index (κ3) is 4.32. The maximum atomic E-state index is 13.3. The van der Waals surface area contributed by atoms with Gasteiger partial charge < -0.3 is 10.6 Å². The van der Waals surface area contributed by atoms with Gasteiger partial charge in [-0.3, -0.25) is 0 Å². The molecule has 0 saturated heterocycles. The van der Waals surface area contributed by atoms with Crippen LogP contribution in [0.25, 0.3) is 16.6 Å². The quantitative estimate of drug-likeness (QED) is 0.588. The van der Waals surface area contributed by atoms with E-state index in [0.29, 0.717) is 6.54 Å². The number of amides is 2. The second kappa shape index (κ2) is 8.09. The van der Waals surface area contributed by atoms with Gasteiger partial charge in [-0.15, -0.1) is 0 Å². The summed E-state index contributed by atoms with van der Waals surface area (Å²) in [6, 6.07) is 12.6. The lowest BCUT2D eigenvalue weighted by Gasteiger charge is -2.42. The number of hydrogen-bond acceptors (Lipinski definition) is 2. The predicted molar refractivity (Wildman–Crippen MR) is 120 cm³/mol. The number of fused-ring (bicyclic) bond motifs is 1. The number of carbonyl (C=O) groups is 1. The largest absolute Gasteiger partial charge is 0.338 e. The van der Waals surface area contributed by atoms with Gasteiger partial charge >= 0.3 is 6.03 Å². The monoisotopic (exact) mass is 410 g/mol. The van der Waals surface area contributed by atoms with Crippen LogP contribution < -0.4 is 10.6 Å². The van der Waals surface area contributed by atoms with E-state index in [1.165, 1.54) is 17.7 Å². The van der Waals surface area contributed by atoms with Crippen molar-refractivity contribution < 1.29 is 9.18 Å². The van der Waals surface area contributed by atoms with Crippen LogP contribution >= 0.6 is 0 Å². The third-order valence-electron chi connectivity index (χ3n) is 6.16. The molecular formula is C24H31FN4O. The van der Waals surface area contributed by atoms with Gasteiger partial charge in [-0.05, 0) is 66.6 Å². The van der Waals surface area contributed by atoms with E-state index < -0.39 is 0 Å².